The van der Waals surface area contributed by atoms with Crippen molar-refractivity contribution in [2.45, 2.75) is 44.6 Å². The minimum Gasteiger partial charge on any atom is -0.512 e. The van der Waals surface area contributed by atoms with Gasteiger partial charge in [0.1, 0.15) is 6.17 Å². The summed E-state index contributed by atoms with van der Waals surface area (Å²) in [5.41, 5.74) is 1.28. The first kappa shape index (κ1) is 16.0. The molecule has 3 unspecified atom stereocenters. The number of aliphatic hydroxyl groups is 2. The summed E-state index contributed by atoms with van der Waals surface area (Å²) in [6.07, 6.45) is 2.39. The van der Waals surface area contributed by atoms with Crippen LogP contribution in [0.3, 0.4) is 0 Å². The second kappa shape index (κ2) is 8.15. The lowest BCUT2D eigenvalue weighted by Gasteiger charge is -2.27. The quantitative estimate of drug-likeness (QED) is 0.597. The Kier molecular flexibility index (Phi) is 6.21. The molecule has 0 fully saturated rings. The molecule has 1 aromatic rings. The number of aliphatic hydroxyl groups excluding tert-OH is 2. The maximum absolute atomic E-state index is 13.3. The standard InChI is InChI=1S/C17H23FO3/c18-14-9-10-16(19)15(12-14)17(20)21-11-5-4-8-13-6-2-1-3-7-13/h1-3,6-7,10,14-15,17,19-20H,4-5,8-9,11-12H2. The van der Waals surface area contributed by atoms with Crippen molar-refractivity contribution in [2.24, 2.45) is 5.92 Å². The van der Waals surface area contributed by atoms with Gasteiger partial charge in [0.2, 0.25) is 0 Å². The van der Waals surface area contributed by atoms with Gasteiger partial charge in [-0.15, -0.1) is 0 Å². The van der Waals surface area contributed by atoms with Gasteiger partial charge in [-0.05, 0) is 37.3 Å². The van der Waals surface area contributed by atoms with Crippen molar-refractivity contribution in [3.63, 3.8) is 0 Å². The molecule has 1 aliphatic carbocycles. The minimum absolute atomic E-state index is 0.0423. The lowest BCUT2D eigenvalue weighted by Crippen LogP contribution is -2.30. The van der Waals surface area contributed by atoms with Gasteiger partial charge in [-0.2, -0.15) is 0 Å². The summed E-state index contributed by atoms with van der Waals surface area (Å²) in [7, 11) is 0. The molecule has 1 aliphatic rings. The van der Waals surface area contributed by atoms with E-state index in [0.29, 0.717) is 6.61 Å². The molecule has 0 spiro atoms. The third kappa shape index (κ3) is 5.14. The molecule has 0 heterocycles. The summed E-state index contributed by atoms with van der Waals surface area (Å²) in [5.74, 6) is -0.594. The lowest BCUT2D eigenvalue weighted by atomic mass is 9.92. The van der Waals surface area contributed by atoms with Crippen LogP contribution in [0.1, 0.15) is 31.2 Å². The predicted molar refractivity (Wildman–Crippen MR) is 79.7 cm³/mol. The molecule has 21 heavy (non-hydrogen) atoms. The summed E-state index contributed by atoms with van der Waals surface area (Å²) in [4.78, 5) is 0. The highest BCUT2D eigenvalue weighted by atomic mass is 19.1. The molecule has 1 aromatic carbocycles. The van der Waals surface area contributed by atoms with Crippen LogP contribution in [0, 0.1) is 5.92 Å². The summed E-state index contributed by atoms with van der Waals surface area (Å²) in [5, 5.41) is 19.6. The fourth-order valence-corrected chi connectivity index (χ4v) is 2.55. The van der Waals surface area contributed by atoms with Gasteiger partial charge in [0.15, 0.2) is 6.29 Å². The number of aryl methyl sites for hydroxylation is 1. The van der Waals surface area contributed by atoms with E-state index in [9.17, 15) is 14.6 Å². The summed E-state index contributed by atoms with van der Waals surface area (Å²) < 4.78 is 18.6. The molecule has 0 saturated heterocycles. The highest BCUT2D eigenvalue weighted by molar-refractivity contribution is 5.14. The average molecular weight is 294 g/mol. The Morgan fingerprint density at radius 3 is 2.76 bits per heavy atom. The molecule has 0 aliphatic heterocycles. The molecule has 0 bridgehead atoms. The van der Waals surface area contributed by atoms with Crippen molar-refractivity contribution in [2.75, 3.05) is 6.61 Å². The number of halogens is 1. The maximum atomic E-state index is 13.3. The van der Waals surface area contributed by atoms with Crippen molar-refractivity contribution >= 4 is 0 Å². The second-order valence-corrected chi connectivity index (χ2v) is 5.51. The maximum Gasteiger partial charge on any atom is 0.164 e. The van der Waals surface area contributed by atoms with E-state index in [4.69, 9.17) is 4.74 Å². The van der Waals surface area contributed by atoms with E-state index in [1.165, 1.54) is 11.6 Å². The van der Waals surface area contributed by atoms with E-state index in [0.717, 1.165) is 19.3 Å². The molecular weight excluding hydrogens is 271 g/mol. The van der Waals surface area contributed by atoms with E-state index in [2.05, 4.69) is 12.1 Å². The van der Waals surface area contributed by atoms with Crippen LogP contribution in [0.5, 0.6) is 0 Å². The summed E-state index contributed by atoms with van der Waals surface area (Å²) in [6.45, 7) is 0.411. The highest BCUT2D eigenvalue weighted by Crippen LogP contribution is 2.28. The molecule has 4 heteroatoms. The molecule has 0 radical (unpaired) electrons. The van der Waals surface area contributed by atoms with Gasteiger partial charge in [0, 0.05) is 13.0 Å². The normalized spacial score (nSPS) is 23.6. The molecule has 3 nitrogen and oxygen atoms in total. The lowest BCUT2D eigenvalue weighted by molar-refractivity contribution is -0.138. The van der Waals surface area contributed by atoms with Crippen LogP contribution in [0.15, 0.2) is 42.2 Å². The molecule has 2 rings (SSSR count). The smallest absolute Gasteiger partial charge is 0.164 e. The van der Waals surface area contributed by atoms with Crippen LogP contribution in [0.25, 0.3) is 0 Å². The van der Waals surface area contributed by atoms with Crippen LogP contribution in [0.2, 0.25) is 0 Å². The van der Waals surface area contributed by atoms with Crippen LogP contribution in [-0.2, 0) is 11.2 Å². The number of allylic oxidation sites excluding steroid dienone is 1. The van der Waals surface area contributed by atoms with Crippen molar-refractivity contribution in [1.29, 1.82) is 0 Å². The van der Waals surface area contributed by atoms with E-state index >= 15 is 0 Å². The molecule has 0 amide bonds. The molecule has 2 N–H and O–H groups in total. The first-order valence-electron chi connectivity index (χ1n) is 7.53. The number of rotatable bonds is 7. The predicted octanol–water partition coefficient (Wildman–Crippen LogP) is 3.53. The number of unbranched alkanes of at least 4 members (excludes halogenated alkanes) is 1. The average Bonchev–Trinajstić information content (AvgIpc) is 2.50. The van der Waals surface area contributed by atoms with E-state index in [1.54, 1.807) is 0 Å². The number of benzene rings is 1. The first-order chi connectivity index (χ1) is 10.2. The Hall–Kier alpha value is -1.39. The van der Waals surface area contributed by atoms with Gasteiger partial charge >= 0.3 is 0 Å². The van der Waals surface area contributed by atoms with Crippen molar-refractivity contribution < 1.29 is 19.3 Å². The Labute approximate surface area is 125 Å². The Balaban J connectivity index is 1.64. The van der Waals surface area contributed by atoms with Crippen molar-refractivity contribution in [1.82, 2.24) is 0 Å². The summed E-state index contributed by atoms with van der Waals surface area (Å²) in [6, 6.07) is 10.2. The van der Waals surface area contributed by atoms with Crippen molar-refractivity contribution in [3.05, 3.63) is 47.7 Å². The number of hydrogen-bond acceptors (Lipinski definition) is 3. The third-order valence-electron chi connectivity index (χ3n) is 3.81. The molecular formula is C17H23FO3. The molecule has 0 aromatic heterocycles. The van der Waals surface area contributed by atoms with Gasteiger partial charge in [-0.25, -0.2) is 4.39 Å². The zero-order valence-electron chi connectivity index (χ0n) is 12.1. The van der Waals surface area contributed by atoms with E-state index in [1.807, 2.05) is 18.2 Å². The van der Waals surface area contributed by atoms with Crippen LogP contribution in [-0.4, -0.2) is 29.3 Å². The van der Waals surface area contributed by atoms with Crippen LogP contribution >= 0.6 is 0 Å². The largest absolute Gasteiger partial charge is 0.512 e. The minimum atomic E-state index is -1.13. The van der Waals surface area contributed by atoms with E-state index < -0.39 is 18.4 Å². The molecule has 116 valence electrons. The monoisotopic (exact) mass is 294 g/mol. The Morgan fingerprint density at radius 1 is 1.24 bits per heavy atom. The van der Waals surface area contributed by atoms with Gasteiger partial charge in [0.05, 0.1) is 11.7 Å². The highest BCUT2D eigenvalue weighted by Gasteiger charge is 2.30. The summed E-state index contributed by atoms with van der Waals surface area (Å²) >= 11 is 0. The molecule has 3 atom stereocenters. The van der Waals surface area contributed by atoms with Crippen molar-refractivity contribution in [3.8, 4) is 0 Å². The zero-order chi connectivity index (χ0) is 15.1. The van der Waals surface area contributed by atoms with Gasteiger partial charge in [-0.1, -0.05) is 30.3 Å². The first-order valence-corrected chi connectivity index (χ1v) is 7.53. The third-order valence-corrected chi connectivity index (χ3v) is 3.81. The number of hydrogen-bond donors (Lipinski definition) is 2. The van der Waals surface area contributed by atoms with Gasteiger partial charge in [-0.3, -0.25) is 0 Å². The van der Waals surface area contributed by atoms with E-state index in [-0.39, 0.29) is 18.6 Å². The fraction of sp³-hybridized carbons (Fsp3) is 0.529. The SMILES string of the molecule is OC1=CCC(F)CC1C(O)OCCCCc1ccccc1. The Morgan fingerprint density at radius 2 is 2.00 bits per heavy atom. The second-order valence-electron chi connectivity index (χ2n) is 5.51. The topological polar surface area (TPSA) is 49.7 Å². The van der Waals surface area contributed by atoms with Crippen LogP contribution in [0.4, 0.5) is 4.39 Å². The number of ether oxygens (including phenoxy) is 1. The van der Waals surface area contributed by atoms with Crippen LogP contribution < -0.4 is 0 Å². The zero-order valence-corrected chi connectivity index (χ0v) is 12.1. The Bertz CT molecular complexity index is 447. The van der Waals surface area contributed by atoms with Gasteiger partial charge in [0.25, 0.3) is 0 Å². The molecule has 0 saturated carbocycles. The van der Waals surface area contributed by atoms with Gasteiger partial charge < -0.3 is 14.9 Å². The fourth-order valence-electron chi connectivity index (χ4n) is 2.55. The number of alkyl halides is 1.